The van der Waals surface area contributed by atoms with Gasteiger partial charge in [0.25, 0.3) is 0 Å². The summed E-state index contributed by atoms with van der Waals surface area (Å²) >= 11 is 0. The minimum atomic E-state index is -0.598. The van der Waals surface area contributed by atoms with E-state index in [-0.39, 0.29) is 5.91 Å². The molecule has 4 heteroatoms. The van der Waals surface area contributed by atoms with Crippen molar-refractivity contribution in [3.63, 3.8) is 0 Å². The second-order valence-corrected chi connectivity index (χ2v) is 6.03. The number of primary amides is 1. The van der Waals surface area contributed by atoms with Crippen molar-refractivity contribution < 1.29 is 4.79 Å². The Labute approximate surface area is 118 Å². The van der Waals surface area contributed by atoms with Gasteiger partial charge in [-0.3, -0.25) is 9.69 Å². The normalized spacial score (nSPS) is 24.1. The Morgan fingerprint density at radius 3 is 2.68 bits per heavy atom. The minimum Gasteiger partial charge on any atom is -0.368 e. The summed E-state index contributed by atoms with van der Waals surface area (Å²) in [6, 6.07) is 0.626. The molecule has 2 unspecified atom stereocenters. The number of carbonyl (C=O) groups excluding carboxylic acids is 1. The molecule has 0 bridgehead atoms. The lowest BCUT2D eigenvalue weighted by molar-refractivity contribution is -0.125. The first-order valence-corrected chi connectivity index (χ1v) is 7.82. The molecule has 112 valence electrons. The molecule has 0 aliphatic carbocycles. The van der Waals surface area contributed by atoms with Crippen molar-refractivity contribution in [2.75, 3.05) is 19.6 Å². The monoisotopic (exact) mass is 269 g/mol. The molecule has 1 aliphatic heterocycles. The second kappa shape index (κ2) is 7.85. The number of rotatable bonds is 8. The molecule has 1 fully saturated rings. The van der Waals surface area contributed by atoms with E-state index in [0.29, 0.717) is 6.04 Å². The van der Waals surface area contributed by atoms with Crippen LogP contribution >= 0.6 is 0 Å². The van der Waals surface area contributed by atoms with E-state index in [2.05, 4.69) is 24.1 Å². The quantitative estimate of drug-likeness (QED) is 0.707. The summed E-state index contributed by atoms with van der Waals surface area (Å²) in [5, 5.41) is 3.34. The first-order valence-electron chi connectivity index (χ1n) is 7.82. The molecule has 0 saturated carbocycles. The highest BCUT2D eigenvalue weighted by Gasteiger charge is 2.35. The number of nitrogens with two attached hydrogens (primary N) is 1. The molecule has 2 atom stereocenters. The average molecular weight is 269 g/mol. The van der Waals surface area contributed by atoms with E-state index in [0.717, 1.165) is 26.1 Å². The highest BCUT2D eigenvalue weighted by molar-refractivity contribution is 5.84. The van der Waals surface area contributed by atoms with Gasteiger partial charge >= 0.3 is 0 Å². The Morgan fingerprint density at radius 1 is 1.37 bits per heavy atom. The number of likely N-dealkylation sites (tertiary alicyclic amines) is 1. The van der Waals surface area contributed by atoms with Crippen LogP contribution in [0.5, 0.6) is 0 Å². The smallest absolute Gasteiger partial charge is 0.238 e. The van der Waals surface area contributed by atoms with E-state index >= 15 is 0 Å². The van der Waals surface area contributed by atoms with Crippen molar-refractivity contribution in [2.24, 2.45) is 5.73 Å². The molecular weight excluding hydrogens is 238 g/mol. The minimum absolute atomic E-state index is 0.234. The van der Waals surface area contributed by atoms with E-state index in [4.69, 9.17) is 5.73 Å². The van der Waals surface area contributed by atoms with Crippen molar-refractivity contribution in [2.45, 2.75) is 70.9 Å². The Morgan fingerprint density at radius 2 is 2.11 bits per heavy atom. The zero-order valence-electron chi connectivity index (χ0n) is 12.9. The van der Waals surface area contributed by atoms with Gasteiger partial charge in [0.2, 0.25) is 5.91 Å². The lowest BCUT2D eigenvalue weighted by Crippen LogP contribution is -2.61. The molecular formula is C15H31N3O. The standard InChI is InChI=1S/C15H31N3O/c1-4-8-13-9-6-7-11-18(13)12-15(3,14(16)19)17-10-5-2/h13,17H,4-12H2,1-3H3,(H2,16,19). The van der Waals surface area contributed by atoms with Gasteiger partial charge in [0.1, 0.15) is 5.54 Å². The van der Waals surface area contributed by atoms with Crippen LogP contribution in [0.4, 0.5) is 0 Å². The predicted octanol–water partition coefficient (Wildman–Crippen LogP) is 1.88. The maximum Gasteiger partial charge on any atom is 0.238 e. The number of amides is 1. The van der Waals surface area contributed by atoms with Crippen molar-refractivity contribution in [1.82, 2.24) is 10.2 Å². The Kier molecular flexibility index (Phi) is 6.80. The van der Waals surface area contributed by atoms with Crippen LogP contribution < -0.4 is 11.1 Å². The zero-order chi connectivity index (χ0) is 14.3. The highest BCUT2D eigenvalue weighted by atomic mass is 16.1. The number of hydrogen-bond donors (Lipinski definition) is 2. The van der Waals surface area contributed by atoms with Gasteiger partial charge in [0.15, 0.2) is 0 Å². The molecule has 1 amide bonds. The summed E-state index contributed by atoms with van der Waals surface area (Å²) in [6.45, 7) is 8.97. The molecule has 4 nitrogen and oxygen atoms in total. The SMILES string of the molecule is CCCNC(C)(CN1CCCCC1CCC)C(N)=O. The van der Waals surface area contributed by atoms with Gasteiger partial charge in [0, 0.05) is 12.6 Å². The average Bonchev–Trinajstić information content (AvgIpc) is 2.39. The van der Waals surface area contributed by atoms with Crippen LogP contribution in [0, 0.1) is 0 Å². The number of piperidine rings is 1. The first kappa shape index (κ1) is 16.4. The summed E-state index contributed by atoms with van der Waals surface area (Å²) in [5.41, 5.74) is 5.02. The van der Waals surface area contributed by atoms with Crippen LogP contribution in [0.1, 0.15) is 59.3 Å². The summed E-state index contributed by atoms with van der Waals surface area (Å²) in [6.07, 6.45) is 7.26. The van der Waals surface area contributed by atoms with E-state index in [9.17, 15) is 4.79 Å². The van der Waals surface area contributed by atoms with Gasteiger partial charge in [-0.25, -0.2) is 0 Å². The molecule has 0 aromatic heterocycles. The Hall–Kier alpha value is -0.610. The summed E-state index contributed by atoms with van der Waals surface area (Å²) in [4.78, 5) is 14.3. The molecule has 3 N–H and O–H groups in total. The van der Waals surface area contributed by atoms with E-state index in [1.165, 1.54) is 32.1 Å². The Bertz CT molecular complexity index is 281. The van der Waals surface area contributed by atoms with Crippen LogP contribution in [0.2, 0.25) is 0 Å². The first-order chi connectivity index (χ1) is 9.03. The lowest BCUT2D eigenvalue weighted by Gasteiger charge is -2.41. The summed E-state index contributed by atoms with van der Waals surface area (Å²) in [5.74, 6) is -0.234. The number of carbonyl (C=O) groups is 1. The van der Waals surface area contributed by atoms with Crippen molar-refractivity contribution >= 4 is 5.91 Å². The van der Waals surface area contributed by atoms with Crippen molar-refractivity contribution in [1.29, 1.82) is 0 Å². The van der Waals surface area contributed by atoms with Gasteiger partial charge in [-0.15, -0.1) is 0 Å². The number of nitrogens with zero attached hydrogens (tertiary/aromatic N) is 1. The van der Waals surface area contributed by atoms with Crippen LogP contribution in [0.25, 0.3) is 0 Å². The number of hydrogen-bond acceptors (Lipinski definition) is 3. The summed E-state index contributed by atoms with van der Waals surface area (Å²) < 4.78 is 0. The zero-order valence-corrected chi connectivity index (χ0v) is 12.9. The van der Waals surface area contributed by atoms with Crippen LogP contribution in [-0.2, 0) is 4.79 Å². The van der Waals surface area contributed by atoms with Gasteiger partial charge in [-0.05, 0) is 45.7 Å². The topological polar surface area (TPSA) is 58.4 Å². The molecule has 0 aromatic rings. The maximum atomic E-state index is 11.8. The van der Waals surface area contributed by atoms with Gasteiger partial charge in [-0.2, -0.15) is 0 Å². The fourth-order valence-electron chi connectivity index (χ4n) is 2.96. The second-order valence-electron chi connectivity index (χ2n) is 6.03. The fourth-order valence-corrected chi connectivity index (χ4v) is 2.96. The van der Waals surface area contributed by atoms with E-state index in [1.807, 2.05) is 6.92 Å². The molecule has 1 rings (SSSR count). The third-order valence-corrected chi connectivity index (χ3v) is 4.20. The van der Waals surface area contributed by atoms with Crippen molar-refractivity contribution in [3.8, 4) is 0 Å². The Balaban J connectivity index is 2.67. The van der Waals surface area contributed by atoms with E-state index < -0.39 is 5.54 Å². The fraction of sp³-hybridized carbons (Fsp3) is 0.933. The van der Waals surface area contributed by atoms with E-state index in [1.54, 1.807) is 0 Å². The number of nitrogens with one attached hydrogen (secondary N) is 1. The molecule has 0 spiro atoms. The van der Waals surface area contributed by atoms with Gasteiger partial charge < -0.3 is 11.1 Å². The van der Waals surface area contributed by atoms with Gasteiger partial charge in [-0.1, -0.05) is 26.7 Å². The predicted molar refractivity (Wildman–Crippen MR) is 80.0 cm³/mol. The molecule has 0 aromatic carbocycles. The van der Waals surface area contributed by atoms with Crippen molar-refractivity contribution in [3.05, 3.63) is 0 Å². The molecule has 1 heterocycles. The largest absolute Gasteiger partial charge is 0.368 e. The molecule has 19 heavy (non-hydrogen) atoms. The lowest BCUT2D eigenvalue weighted by atomic mass is 9.93. The van der Waals surface area contributed by atoms with Crippen LogP contribution in [0.15, 0.2) is 0 Å². The third-order valence-electron chi connectivity index (χ3n) is 4.20. The van der Waals surface area contributed by atoms with Gasteiger partial charge in [0.05, 0.1) is 0 Å². The van der Waals surface area contributed by atoms with Crippen LogP contribution in [-0.4, -0.2) is 42.0 Å². The third kappa shape index (κ3) is 4.77. The maximum absolute atomic E-state index is 11.8. The molecule has 0 radical (unpaired) electrons. The van der Waals surface area contributed by atoms with Crippen LogP contribution in [0.3, 0.4) is 0 Å². The molecule has 1 aliphatic rings. The highest BCUT2D eigenvalue weighted by Crippen LogP contribution is 2.23. The summed E-state index contributed by atoms with van der Waals surface area (Å²) in [7, 11) is 0. The molecule has 1 saturated heterocycles.